The van der Waals surface area contributed by atoms with E-state index < -0.39 is 41.6 Å². The van der Waals surface area contributed by atoms with Crippen molar-refractivity contribution in [2.24, 2.45) is 0 Å². The number of halogens is 2. The summed E-state index contributed by atoms with van der Waals surface area (Å²) in [5.74, 6) is -1.17. The first-order valence-electron chi connectivity index (χ1n) is 4.94. The van der Waals surface area contributed by atoms with E-state index in [0.29, 0.717) is 10.8 Å². The van der Waals surface area contributed by atoms with Crippen molar-refractivity contribution < 1.29 is 19.3 Å². The van der Waals surface area contributed by atoms with Crippen molar-refractivity contribution in [3.63, 3.8) is 0 Å². The van der Waals surface area contributed by atoms with Crippen LogP contribution < -0.4 is 11.2 Å². The predicted molar refractivity (Wildman–Crippen MR) is 60.1 cm³/mol. The molecular weight excluding hydrogens is 271 g/mol. The number of hydrogen-bond acceptors (Lipinski definition) is 5. The lowest BCUT2D eigenvalue weighted by molar-refractivity contribution is -0.0356. The smallest absolute Gasteiger partial charge is 0.330 e. The minimum absolute atomic E-state index is 0. The van der Waals surface area contributed by atoms with Crippen LogP contribution in [0.25, 0.3) is 0 Å². The fourth-order valence-electron chi connectivity index (χ4n) is 1.71. The molecule has 0 bridgehead atoms. The monoisotopic (exact) mass is 282 g/mol. The molecule has 0 spiro atoms. The molecule has 9 heteroatoms. The summed E-state index contributed by atoms with van der Waals surface area (Å²) < 4.78 is 18.9. The zero-order valence-corrected chi connectivity index (χ0v) is 10.1. The van der Waals surface area contributed by atoms with E-state index in [9.17, 15) is 24.2 Å². The van der Waals surface area contributed by atoms with Crippen molar-refractivity contribution >= 4 is 12.4 Å². The van der Waals surface area contributed by atoms with Gasteiger partial charge in [0, 0.05) is 0 Å². The first kappa shape index (κ1) is 14.8. The number of aliphatic hydroxyl groups is 2. The summed E-state index contributed by atoms with van der Waals surface area (Å²) in [7, 11) is 0. The molecule has 1 fully saturated rings. The van der Waals surface area contributed by atoms with Gasteiger partial charge < -0.3 is 14.9 Å². The van der Waals surface area contributed by atoms with E-state index in [1.807, 2.05) is 0 Å². The normalized spacial score (nSPS) is 31.1. The van der Waals surface area contributed by atoms with Crippen LogP contribution >= 0.6 is 12.4 Å². The molecule has 1 aliphatic heterocycles. The number of aliphatic hydroxyl groups excluding tert-OH is 2. The van der Waals surface area contributed by atoms with Crippen molar-refractivity contribution in [1.82, 2.24) is 9.55 Å². The third-order valence-electron chi connectivity index (χ3n) is 2.68. The van der Waals surface area contributed by atoms with Crippen molar-refractivity contribution in [3.05, 3.63) is 32.9 Å². The highest BCUT2D eigenvalue weighted by atomic mass is 35.5. The molecule has 2 rings (SSSR count). The van der Waals surface area contributed by atoms with E-state index in [0.717, 1.165) is 0 Å². The second-order valence-electron chi connectivity index (χ2n) is 3.86. The minimum atomic E-state index is -1.37. The maximum Gasteiger partial charge on any atom is 0.330 e. The predicted octanol–water partition coefficient (Wildman–Crippen LogP) is -1.26. The second-order valence-corrected chi connectivity index (χ2v) is 3.86. The minimum Gasteiger partial charge on any atom is -0.388 e. The Morgan fingerprint density at radius 1 is 1.39 bits per heavy atom. The van der Waals surface area contributed by atoms with Gasteiger partial charge >= 0.3 is 5.69 Å². The molecule has 1 aliphatic rings. The number of H-pyrrole nitrogens is 1. The first-order chi connectivity index (χ1) is 7.91. The summed E-state index contributed by atoms with van der Waals surface area (Å²) in [4.78, 5) is 24.0. The Morgan fingerprint density at radius 3 is 2.50 bits per heavy atom. The Morgan fingerprint density at radius 2 is 2.00 bits per heavy atom. The zero-order valence-electron chi connectivity index (χ0n) is 9.24. The summed E-state index contributed by atoms with van der Waals surface area (Å²) in [6.07, 6.45) is -3.83. The maximum absolute atomic E-state index is 13.0. The molecule has 0 amide bonds. The topological polar surface area (TPSA) is 105 Å². The van der Waals surface area contributed by atoms with Gasteiger partial charge in [-0.25, -0.2) is 4.79 Å². The molecule has 0 aliphatic carbocycles. The number of nitrogens with one attached hydrogen (secondary N) is 1. The number of hydrogen-bond donors (Lipinski definition) is 3. The largest absolute Gasteiger partial charge is 0.388 e. The van der Waals surface area contributed by atoms with Crippen molar-refractivity contribution in [3.8, 4) is 0 Å². The lowest BCUT2D eigenvalue weighted by Gasteiger charge is -2.16. The third kappa shape index (κ3) is 2.32. The van der Waals surface area contributed by atoms with E-state index in [2.05, 4.69) is 0 Å². The van der Waals surface area contributed by atoms with Gasteiger partial charge in [-0.15, -0.1) is 12.4 Å². The van der Waals surface area contributed by atoms with Crippen LogP contribution in [0.1, 0.15) is 13.2 Å². The number of ether oxygens (including phenoxy) is 1. The lowest BCUT2D eigenvalue weighted by Crippen LogP contribution is -2.38. The van der Waals surface area contributed by atoms with E-state index >= 15 is 0 Å². The van der Waals surface area contributed by atoms with Gasteiger partial charge in [0.2, 0.25) is 5.82 Å². The quantitative estimate of drug-likeness (QED) is 0.596. The molecule has 3 N–H and O–H groups in total. The van der Waals surface area contributed by atoms with Crippen LogP contribution in [0.4, 0.5) is 4.39 Å². The van der Waals surface area contributed by atoms with Crippen molar-refractivity contribution in [2.45, 2.75) is 31.5 Å². The lowest BCUT2D eigenvalue weighted by atomic mass is 10.1. The summed E-state index contributed by atoms with van der Waals surface area (Å²) in [6, 6.07) is 0. The molecule has 1 aromatic rings. The van der Waals surface area contributed by atoms with Crippen molar-refractivity contribution in [2.75, 3.05) is 0 Å². The fraction of sp³-hybridized carbons (Fsp3) is 0.556. The first-order valence-corrected chi connectivity index (χ1v) is 4.94. The Bertz CT molecular complexity index is 544. The Balaban J connectivity index is 0.00000162. The van der Waals surface area contributed by atoms with Crippen LogP contribution in [0.15, 0.2) is 15.8 Å². The molecule has 0 radical (unpaired) electrons. The number of nitrogens with zero attached hydrogens (tertiary/aromatic N) is 1. The molecule has 0 unspecified atom stereocenters. The maximum atomic E-state index is 13.0. The highest BCUT2D eigenvalue weighted by Crippen LogP contribution is 2.27. The van der Waals surface area contributed by atoms with Gasteiger partial charge in [-0.2, -0.15) is 4.39 Å². The molecule has 1 aromatic heterocycles. The van der Waals surface area contributed by atoms with Gasteiger partial charge in [0.05, 0.1) is 12.3 Å². The second kappa shape index (κ2) is 5.19. The Kier molecular flexibility index (Phi) is 4.28. The fourth-order valence-corrected chi connectivity index (χ4v) is 1.71. The molecule has 18 heavy (non-hydrogen) atoms. The summed E-state index contributed by atoms with van der Waals surface area (Å²) in [6.45, 7) is 1.50. The average Bonchev–Trinajstić information content (AvgIpc) is 2.51. The third-order valence-corrected chi connectivity index (χ3v) is 2.68. The van der Waals surface area contributed by atoms with Crippen LogP contribution in [-0.4, -0.2) is 38.1 Å². The molecular formula is C9H12ClFN2O5. The number of rotatable bonds is 1. The molecule has 0 saturated carbocycles. The zero-order chi connectivity index (χ0) is 12.7. The molecule has 0 aromatic carbocycles. The molecule has 102 valence electrons. The summed E-state index contributed by atoms with van der Waals surface area (Å²) in [5.41, 5.74) is -2.06. The van der Waals surface area contributed by atoms with E-state index in [1.54, 1.807) is 4.98 Å². The highest BCUT2D eigenvalue weighted by molar-refractivity contribution is 5.85. The van der Waals surface area contributed by atoms with Gasteiger partial charge in [-0.3, -0.25) is 14.3 Å². The van der Waals surface area contributed by atoms with E-state index in [1.165, 1.54) is 6.92 Å². The molecule has 1 saturated heterocycles. The van der Waals surface area contributed by atoms with Gasteiger partial charge in [0.15, 0.2) is 6.23 Å². The van der Waals surface area contributed by atoms with Gasteiger partial charge in [0.25, 0.3) is 5.56 Å². The van der Waals surface area contributed by atoms with E-state index in [4.69, 9.17) is 4.74 Å². The van der Waals surface area contributed by atoms with Crippen LogP contribution in [0.2, 0.25) is 0 Å². The number of aromatic nitrogens is 2. The average molecular weight is 283 g/mol. The van der Waals surface area contributed by atoms with E-state index in [-0.39, 0.29) is 12.4 Å². The molecule has 2 heterocycles. The molecule has 7 nitrogen and oxygen atoms in total. The van der Waals surface area contributed by atoms with Crippen LogP contribution in [0.5, 0.6) is 0 Å². The van der Waals surface area contributed by atoms with Crippen molar-refractivity contribution in [1.29, 1.82) is 0 Å². The van der Waals surface area contributed by atoms with Gasteiger partial charge in [-0.05, 0) is 6.92 Å². The SMILES string of the molecule is C[C@H]1O[C@H](n2cc(F)c(=O)[nH]c2=O)[C@H](O)[C@@H]1O.Cl. The summed E-state index contributed by atoms with van der Waals surface area (Å²) >= 11 is 0. The van der Waals surface area contributed by atoms with Crippen LogP contribution in [0, 0.1) is 5.82 Å². The Labute approximate surface area is 106 Å². The standard InChI is InChI=1S/C9H11FN2O5.ClH/c1-3-5(13)6(14)8(17-3)12-2-4(10)7(15)11-9(12)16;/h2-3,5-6,8,13-14H,1H3,(H,11,15,16);1H/t3-,5-,6-,8+;/m1./s1. The van der Waals surface area contributed by atoms with Crippen LogP contribution in [-0.2, 0) is 4.74 Å². The Hall–Kier alpha value is -1.22. The highest BCUT2D eigenvalue weighted by Gasteiger charge is 2.41. The van der Waals surface area contributed by atoms with Gasteiger partial charge in [-0.1, -0.05) is 0 Å². The molecule has 4 atom stereocenters. The van der Waals surface area contributed by atoms with Crippen LogP contribution in [0.3, 0.4) is 0 Å². The van der Waals surface area contributed by atoms with Gasteiger partial charge in [0.1, 0.15) is 12.2 Å². The number of aromatic amines is 1. The summed E-state index contributed by atoms with van der Waals surface area (Å²) in [5, 5.41) is 19.1.